The zero-order chi connectivity index (χ0) is 15.2. The maximum atomic E-state index is 11.8. The molecule has 0 aliphatic rings. The Balaban J connectivity index is 1.92. The van der Waals surface area contributed by atoms with Gasteiger partial charge in [0.05, 0.1) is 17.6 Å². The highest BCUT2D eigenvalue weighted by Crippen LogP contribution is 2.18. The lowest BCUT2D eigenvalue weighted by Gasteiger charge is -2.10. The molecule has 0 fully saturated rings. The summed E-state index contributed by atoms with van der Waals surface area (Å²) in [6, 6.07) is 4.36. The summed E-state index contributed by atoms with van der Waals surface area (Å²) >= 11 is 2.02. The molecule has 2 aromatic rings. The van der Waals surface area contributed by atoms with E-state index in [-0.39, 0.29) is 11.3 Å². The monoisotopic (exact) mass is 400 g/mol. The fraction of sp³-hybridized carbons (Fsp3) is 0.154. The summed E-state index contributed by atoms with van der Waals surface area (Å²) in [7, 11) is 0. The molecular weight excluding hydrogens is 387 g/mol. The molecule has 0 bridgehead atoms. The van der Waals surface area contributed by atoms with E-state index in [0.29, 0.717) is 13.1 Å². The maximum Gasteiger partial charge on any atom is 0.337 e. The third-order valence-corrected chi connectivity index (χ3v) is 3.35. The SMILES string of the molecule is O=C(NCCn1ccnc1)Nc1ccc(I)cc1C(=O)O. The van der Waals surface area contributed by atoms with Crippen molar-refractivity contribution in [2.75, 3.05) is 11.9 Å². The molecule has 3 N–H and O–H groups in total. The van der Waals surface area contributed by atoms with E-state index < -0.39 is 12.0 Å². The lowest BCUT2D eigenvalue weighted by molar-refractivity contribution is 0.0698. The highest BCUT2D eigenvalue weighted by Gasteiger charge is 2.12. The molecule has 1 aromatic carbocycles. The Morgan fingerprint density at radius 1 is 1.38 bits per heavy atom. The van der Waals surface area contributed by atoms with Gasteiger partial charge in [0, 0.05) is 29.1 Å². The smallest absolute Gasteiger partial charge is 0.337 e. The van der Waals surface area contributed by atoms with Crippen molar-refractivity contribution in [3.05, 3.63) is 46.1 Å². The first-order chi connectivity index (χ1) is 10.1. The number of nitrogens with zero attached hydrogens (tertiary/aromatic N) is 2. The Bertz CT molecular complexity index is 643. The molecule has 0 spiro atoms. The van der Waals surface area contributed by atoms with Gasteiger partial charge in [-0.3, -0.25) is 0 Å². The molecule has 2 rings (SSSR count). The topological polar surface area (TPSA) is 96.3 Å². The summed E-state index contributed by atoms with van der Waals surface area (Å²) in [6.07, 6.45) is 5.10. The van der Waals surface area contributed by atoms with Crippen molar-refractivity contribution in [3.63, 3.8) is 0 Å². The number of carbonyl (C=O) groups excluding carboxylic acids is 1. The van der Waals surface area contributed by atoms with Gasteiger partial charge in [-0.25, -0.2) is 14.6 Å². The maximum absolute atomic E-state index is 11.8. The molecule has 110 valence electrons. The summed E-state index contributed by atoms with van der Waals surface area (Å²) in [6.45, 7) is 1.00. The first-order valence-corrected chi connectivity index (χ1v) is 7.17. The van der Waals surface area contributed by atoms with E-state index in [0.717, 1.165) is 3.57 Å². The molecular formula is C13H13IN4O3. The van der Waals surface area contributed by atoms with Gasteiger partial charge in [0.2, 0.25) is 0 Å². The van der Waals surface area contributed by atoms with Gasteiger partial charge in [0.25, 0.3) is 0 Å². The second kappa shape index (κ2) is 7.07. The molecule has 0 atom stereocenters. The number of hydrogen-bond donors (Lipinski definition) is 3. The standard InChI is InChI=1S/C13H13IN4O3/c14-9-1-2-11(10(7-9)12(19)20)17-13(21)16-4-6-18-5-3-15-8-18/h1-3,5,7-8H,4,6H2,(H,19,20)(H2,16,17,21). The first-order valence-electron chi connectivity index (χ1n) is 6.09. The number of nitrogens with one attached hydrogen (secondary N) is 2. The number of carboxylic acid groups (broad SMARTS) is 1. The number of halogens is 1. The number of rotatable bonds is 5. The fourth-order valence-corrected chi connectivity index (χ4v) is 2.18. The van der Waals surface area contributed by atoms with Gasteiger partial charge in [-0.1, -0.05) is 0 Å². The highest BCUT2D eigenvalue weighted by atomic mass is 127. The van der Waals surface area contributed by atoms with Gasteiger partial charge in [-0.05, 0) is 40.8 Å². The van der Waals surface area contributed by atoms with E-state index in [1.807, 2.05) is 27.2 Å². The van der Waals surface area contributed by atoms with Crippen molar-refractivity contribution in [1.29, 1.82) is 0 Å². The van der Waals surface area contributed by atoms with Gasteiger partial charge >= 0.3 is 12.0 Å². The highest BCUT2D eigenvalue weighted by molar-refractivity contribution is 14.1. The second-order valence-electron chi connectivity index (χ2n) is 4.18. The molecule has 1 heterocycles. The summed E-state index contributed by atoms with van der Waals surface area (Å²) in [5.41, 5.74) is 0.328. The van der Waals surface area contributed by atoms with Crippen LogP contribution >= 0.6 is 22.6 Å². The molecule has 0 aliphatic heterocycles. The van der Waals surface area contributed by atoms with Crippen LogP contribution in [0.2, 0.25) is 0 Å². The van der Waals surface area contributed by atoms with E-state index in [1.165, 1.54) is 6.07 Å². The van der Waals surface area contributed by atoms with E-state index in [4.69, 9.17) is 5.11 Å². The van der Waals surface area contributed by atoms with Gasteiger partial charge < -0.3 is 20.3 Å². The molecule has 0 saturated carbocycles. The van der Waals surface area contributed by atoms with E-state index >= 15 is 0 Å². The number of benzene rings is 1. The molecule has 0 saturated heterocycles. The average molecular weight is 400 g/mol. The van der Waals surface area contributed by atoms with Crippen LogP contribution in [0.15, 0.2) is 36.9 Å². The van der Waals surface area contributed by atoms with Crippen molar-refractivity contribution in [2.45, 2.75) is 6.54 Å². The summed E-state index contributed by atoms with van der Waals surface area (Å²) in [5, 5.41) is 14.3. The number of imidazole rings is 1. The second-order valence-corrected chi connectivity index (χ2v) is 5.42. The number of anilines is 1. The Kier molecular flexibility index (Phi) is 5.14. The molecule has 1 aromatic heterocycles. The van der Waals surface area contributed by atoms with Gasteiger partial charge in [-0.15, -0.1) is 0 Å². The summed E-state index contributed by atoms with van der Waals surface area (Å²) in [4.78, 5) is 26.8. The minimum absolute atomic E-state index is 0.0617. The third-order valence-electron chi connectivity index (χ3n) is 2.67. The third kappa shape index (κ3) is 4.45. The number of carboxylic acids is 1. The van der Waals surface area contributed by atoms with Crippen LogP contribution < -0.4 is 10.6 Å². The number of urea groups is 1. The number of carbonyl (C=O) groups is 2. The molecule has 0 aliphatic carbocycles. The molecule has 0 unspecified atom stereocenters. The molecule has 7 nitrogen and oxygen atoms in total. The number of hydrogen-bond acceptors (Lipinski definition) is 3. The molecule has 0 radical (unpaired) electrons. The van der Waals surface area contributed by atoms with Gasteiger partial charge in [-0.2, -0.15) is 0 Å². The van der Waals surface area contributed by atoms with Crippen molar-refractivity contribution >= 4 is 40.3 Å². The minimum Gasteiger partial charge on any atom is -0.478 e. The normalized spacial score (nSPS) is 10.1. The minimum atomic E-state index is -1.08. The first kappa shape index (κ1) is 15.3. The van der Waals surface area contributed by atoms with Crippen molar-refractivity contribution < 1.29 is 14.7 Å². The summed E-state index contributed by atoms with van der Waals surface area (Å²) in [5.74, 6) is -1.08. The predicted molar refractivity (Wildman–Crippen MR) is 85.4 cm³/mol. The zero-order valence-corrected chi connectivity index (χ0v) is 13.1. The van der Waals surface area contributed by atoms with E-state index in [9.17, 15) is 9.59 Å². The van der Waals surface area contributed by atoms with Crippen LogP contribution in [0, 0.1) is 3.57 Å². The molecule has 2 amide bonds. The number of aromatic nitrogens is 2. The van der Waals surface area contributed by atoms with Crippen LogP contribution in [0.4, 0.5) is 10.5 Å². The molecule has 21 heavy (non-hydrogen) atoms. The predicted octanol–water partition coefficient (Wildman–Crippen LogP) is 2.01. The Labute approximate surface area is 134 Å². The Morgan fingerprint density at radius 3 is 2.86 bits per heavy atom. The Morgan fingerprint density at radius 2 is 2.19 bits per heavy atom. The van der Waals surface area contributed by atoms with E-state index in [2.05, 4.69) is 15.6 Å². The number of aromatic carboxylic acids is 1. The fourth-order valence-electron chi connectivity index (χ4n) is 1.69. The van der Waals surface area contributed by atoms with E-state index in [1.54, 1.807) is 30.9 Å². The van der Waals surface area contributed by atoms with Crippen LogP contribution in [0.3, 0.4) is 0 Å². The van der Waals surface area contributed by atoms with Crippen LogP contribution in [0.1, 0.15) is 10.4 Å². The number of amides is 2. The summed E-state index contributed by atoms with van der Waals surface area (Å²) < 4.78 is 2.62. The lowest BCUT2D eigenvalue weighted by Crippen LogP contribution is -2.31. The van der Waals surface area contributed by atoms with Crippen molar-refractivity contribution in [1.82, 2.24) is 14.9 Å². The van der Waals surface area contributed by atoms with Crippen LogP contribution in [-0.2, 0) is 6.54 Å². The zero-order valence-electron chi connectivity index (χ0n) is 10.9. The lowest BCUT2D eigenvalue weighted by atomic mass is 10.2. The quantitative estimate of drug-likeness (QED) is 0.670. The van der Waals surface area contributed by atoms with Gasteiger partial charge in [0.15, 0.2) is 0 Å². The Hall–Kier alpha value is -2.10. The van der Waals surface area contributed by atoms with Gasteiger partial charge in [0.1, 0.15) is 0 Å². The average Bonchev–Trinajstić information content (AvgIpc) is 2.94. The van der Waals surface area contributed by atoms with Crippen molar-refractivity contribution in [2.24, 2.45) is 0 Å². The van der Waals surface area contributed by atoms with Crippen LogP contribution in [0.5, 0.6) is 0 Å². The largest absolute Gasteiger partial charge is 0.478 e. The van der Waals surface area contributed by atoms with Crippen LogP contribution in [-0.4, -0.2) is 33.2 Å². The molecule has 8 heteroatoms. The van der Waals surface area contributed by atoms with Crippen LogP contribution in [0.25, 0.3) is 0 Å². The van der Waals surface area contributed by atoms with Crippen molar-refractivity contribution in [3.8, 4) is 0 Å².